The summed E-state index contributed by atoms with van der Waals surface area (Å²) in [6.07, 6.45) is 2.26. The summed E-state index contributed by atoms with van der Waals surface area (Å²) in [6, 6.07) is 11.1. The summed E-state index contributed by atoms with van der Waals surface area (Å²) < 4.78 is 6.98. The quantitative estimate of drug-likeness (QED) is 0.839. The number of benzene rings is 1. The number of likely N-dealkylation sites (N-methyl/N-ethyl adjacent to an activating group) is 1. The Balaban J connectivity index is 1.59. The van der Waals surface area contributed by atoms with E-state index in [-0.39, 0.29) is 24.1 Å². The largest absolute Gasteiger partial charge is 0.371 e. The smallest absolute Gasteiger partial charge is 0.267 e. The van der Waals surface area contributed by atoms with E-state index in [2.05, 4.69) is 17.2 Å². The topological polar surface area (TPSA) is 64.4 Å². The monoisotopic (exact) mass is 313 g/mol. The Morgan fingerprint density at radius 2 is 2.09 bits per heavy atom. The fourth-order valence-electron chi connectivity index (χ4n) is 2.69. The minimum absolute atomic E-state index is 0.0284. The molecule has 1 atom stereocenters. The molecule has 1 unspecified atom stereocenters. The zero-order valence-electron chi connectivity index (χ0n) is 13.0. The van der Waals surface area contributed by atoms with Gasteiger partial charge in [-0.2, -0.15) is 5.10 Å². The Bertz CT molecular complexity index is 756. The van der Waals surface area contributed by atoms with E-state index < -0.39 is 0 Å². The number of carbonyl (C=O) groups excluding carboxylic acids is 1. The van der Waals surface area contributed by atoms with Crippen LogP contribution in [-0.2, 0) is 29.1 Å². The van der Waals surface area contributed by atoms with Crippen molar-refractivity contribution >= 4 is 5.91 Å². The number of carbonyl (C=O) groups is 1. The molecule has 6 heteroatoms. The second-order valence-corrected chi connectivity index (χ2v) is 5.70. The zero-order chi connectivity index (χ0) is 16.2. The second-order valence-electron chi connectivity index (χ2n) is 5.70. The molecule has 1 aromatic heterocycles. The van der Waals surface area contributed by atoms with E-state index in [9.17, 15) is 9.59 Å². The number of fused-ring (bicyclic) bond motifs is 1. The van der Waals surface area contributed by atoms with Crippen molar-refractivity contribution in [3.63, 3.8) is 0 Å². The van der Waals surface area contributed by atoms with Crippen LogP contribution in [0.4, 0.5) is 0 Å². The summed E-state index contributed by atoms with van der Waals surface area (Å²) in [4.78, 5) is 25.5. The van der Waals surface area contributed by atoms with Crippen LogP contribution in [0, 0.1) is 0 Å². The highest BCUT2D eigenvalue weighted by molar-refractivity contribution is 5.75. The maximum atomic E-state index is 12.3. The van der Waals surface area contributed by atoms with Gasteiger partial charge in [0, 0.05) is 32.3 Å². The van der Waals surface area contributed by atoms with Gasteiger partial charge in [-0.3, -0.25) is 9.59 Å². The molecular formula is C17H19N3O3. The number of hydrogen-bond donors (Lipinski definition) is 0. The van der Waals surface area contributed by atoms with Crippen molar-refractivity contribution in [2.75, 3.05) is 13.6 Å². The highest BCUT2D eigenvalue weighted by Crippen LogP contribution is 2.20. The lowest BCUT2D eigenvalue weighted by Crippen LogP contribution is -2.41. The number of ether oxygens (including phenoxy) is 1. The molecule has 0 spiro atoms. The Hall–Kier alpha value is -2.47. The molecule has 1 aromatic carbocycles. The lowest BCUT2D eigenvalue weighted by atomic mass is 9.99. The summed E-state index contributed by atoms with van der Waals surface area (Å²) in [5.74, 6) is -0.159. The van der Waals surface area contributed by atoms with Crippen molar-refractivity contribution in [1.82, 2.24) is 14.7 Å². The Morgan fingerprint density at radius 3 is 2.87 bits per heavy atom. The van der Waals surface area contributed by atoms with Crippen molar-refractivity contribution in [2.24, 2.45) is 0 Å². The fourth-order valence-corrected chi connectivity index (χ4v) is 2.69. The average Bonchev–Trinajstić information content (AvgIpc) is 2.56. The first kappa shape index (κ1) is 15.4. The van der Waals surface area contributed by atoms with E-state index in [0.717, 1.165) is 11.1 Å². The summed E-state index contributed by atoms with van der Waals surface area (Å²) in [5, 5.41) is 3.90. The van der Waals surface area contributed by atoms with Gasteiger partial charge in [0.1, 0.15) is 6.54 Å². The van der Waals surface area contributed by atoms with Crippen LogP contribution in [0.15, 0.2) is 47.4 Å². The molecule has 2 heterocycles. The maximum Gasteiger partial charge on any atom is 0.267 e. The highest BCUT2D eigenvalue weighted by atomic mass is 16.5. The van der Waals surface area contributed by atoms with Gasteiger partial charge in [-0.15, -0.1) is 0 Å². The van der Waals surface area contributed by atoms with E-state index in [1.54, 1.807) is 18.0 Å². The molecule has 0 fully saturated rings. The normalized spacial score (nSPS) is 16.7. The van der Waals surface area contributed by atoms with Crippen LogP contribution in [0.25, 0.3) is 0 Å². The Morgan fingerprint density at radius 1 is 1.30 bits per heavy atom. The van der Waals surface area contributed by atoms with Crippen LogP contribution in [0.3, 0.4) is 0 Å². The molecule has 120 valence electrons. The first-order valence-electron chi connectivity index (χ1n) is 7.58. The number of aromatic nitrogens is 2. The number of hydrogen-bond acceptors (Lipinski definition) is 4. The van der Waals surface area contributed by atoms with Crippen molar-refractivity contribution in [2.45, 2.75) is 25.7 Å². The molecule has 6 nitrogen and oxygen atoms in total. The molecule has 1 amide bonds. The van der Waals surface area contributed by atoms with Gasteiger partial charge in [0.15, 0.2) is 0 Å². The third-order valence-electron chi connectivity index (χ3n) is 4.01. The van der Waals surface area contributed by atoms with Crippen LogP contribution in [0.2, 0.25) is 0 Å². The van der Waals surface area contributed by atoms with Gasteiger partial charge in [0.25, 0.3) is 5.56 Å². The lowest BCUT2D eigenvalue weighted by molar-refractivity contribution is -0.133. The first-order chi connectivity index (χ1) is 11.1. The van der Waals surface area contributed by atoms with Crippen LogP contribution >= 0.6 is 0 Å². The van der Waals surface area contributed by atoms with Gasteiger partial charge in [-0.05, 0) is 17.2 Å². The molecule has 1 aliphatic heterocycles. The minimum Gasteiger partial charge on any atom is -0.371 e. The van der Waals surface area contributed by atoms with Crippen molar-refractivity contribution < 1.29 is 9.53 Å². The first-order valence-corrected chi connectivity index (χ1v) is 7.58. The molecular weight excluding hydrogens is 294 g/mol. The lowest BCUT2D eigenvalue weighted by Gasteiger charge is -2.29. The maximum absolute atomic E-state index is 12.3. The zero-order valence-corrected chi connectivity index (χ0v) is 13.0. The Kier molecular flexibility index (Phi) is 4.52. The van der Waals surface area contributed by atoms with E-state index in [0.29, 0.717) is 13.2 Å². The molecule has 3 rings (SSSR count). The van der Waals surface area contributed by atoms with E-state index in [1.165, 1.54) is 23.4 Å². The summed E-state index contributed by atoms with van der Waals surface area (Å²) in [5.41, 5.74) is 2.19. The van der Waals surface area contributed by atoms with Gasteiger partial charge in [-0.1, -0.05) is 24.3 Å². The number of nitrogens with zero attached hydrogens (tertiary/aromatic N) is 3. The van der Waals surface area contributed by atoms with E-state index >= 15 is 0 Å². The third kappa shape index (κ3) is 3.65. The van der Waals surface area contributed by atoms with Gasteiger partial charge in [0.05, 0.1) is 12.7 Å². The predicted molar refractivity (Wildman–Crippen MR) is 84.9 cm³/mol. The molecule has 0 N–H and O–H groups in total. The van der Waals surface area contributed by atoms with Gasteiger partial charge in [0.2, 0.25) is 5.91 Å². The fraction of sp³-hybridized carbons (Fsp3) is 0.353. The predicted octanol–water partition coefficient (Wildman–Crippen LogP) is 0.843. The van der Waals surface area contributed by atoms with Crippen LogP contribution < -0.4 is 5.56 Å². The third-order valence-corrected chi connectivity index (χ3v) is 4.01. The summed E-state index contributed by atoms with van der Waals surface area (Å²) in [7, 11) is 1.72. The second kappa shape index (κ2) is 6.75. The molecule has 0 saturated heterocycles. The minimum atomic E-state index is -0.280. The molecule has 1 aliphatic rings. The van der Waals surface area contributed by atoms with E-state index in [1.807, 2.05) is 12.1 Å². The SMILES string of the molecule is CN(CC1Cc2ccccc2CO1)C(=O)Cn1ncccc1=O. The van der Waals surface area contributed by atoms with Crippen LogP contribution in [0.5, 0.6) is 0 Å². The standard InChI is InChI=1S/C17H19N3O3/c1-19(17(22)11-20-16(21)7-4-8-18-20)10-15-9-13-5-2-3-6-14(13)12-23-15/h2-8,15H,9-12H2,1H3. The number of amides is 1. The summed E-state index contributed by atoms with van der Waals surface area (Å²) in [6.45, 7) is 1.01. The Labute approximate surface area is 134 Å². The molecule has 0 saturated carbocycles. The van der Waals surface area contributed by atoms with Crippen LogP contribution in [0.1, 0.15) is 11.1 Å². The molecule has 23 heavy (non-hydrogen) atoms. The molecule has 0 radical (unpaired) electrons. The van der Waals surface area contributed by atoms with Crippen molar-refractivity contribution in [1.29, 1.82) is 0 Å². The molecule has 0 bridgehead atoms. The van der Waals surface area contributed by atoms with Crippen LogP contribution in [-0.4, -0.2) is 40.3 Å². The van der Waals surface area contributed by atoms with Gasteiger partial charge in [-0.25, -0.2) is 4.68 Å². The van der Waals surface area contributed by atoms with Gasteiger partial charge < -0.3 is 9.64 Å². The highest BCUT2D eigenvalue weighted by Gasteiger charge is 2.22. The van der Waals surface area contributed by atoms with Gasteiger partial charge >= 0.3 is 0 Å². The molecule has 0 aliphatic carbocycles. The van der Waals surface area contributed by atoms with Crippen molar-refractivity contribution in [3.05, 3.63) is 64.1 Å². The van der Waals surface area contributed by atoms with E-state index in [4.69, 9.17) is 4.74 Å². The average molecular weight is 313 g/mol. The van der Waals surface area contributed by atoms with Crippen molar-refractivity contribution in [3.8, 4) is 0 Å². The molecule has 2 aromatic rings. The summed E-state index contributed by atoms with van der Waals surface area (Å²) >= 11 is 0. The number of rotatable bonds is 4.